The van der Waals surface area contributed by atoms with Crippen LogP contribution in [0.15, 0.2) is 41.1 Å². The summed E-state index contributed by atoms with van der Waals surface area (Å²) in [5.41, 5.74) is 1.79. The molecule has 0 radical (unpaired) electrons. The van der Waals surface area contributed by atoms with Crippen molar-refractivity contribution in [2.24, 2.45) is 0 Å². The van der Waals surface area contributed by atoms with Crippen LogP contribution in [0.2, 0.25) is 5.02 Å². The lowest BCUT2D eigenvalue weighted by Crippen LogP contribution is -1.94. The van der Waals surface area contributed by atoms with Gasteiger partial charge in [0.05, 0.1) is 23.4 Å². The summed E-state index contributed by atoms with van der Waals surface area (Å²) in [6.45, 7) is 0. The number of halogens is 2. The Hall–Kier alpha value is -1.08. The molecule has 1 aromatic carbocycles. The van der Waals surface area contributed by atoms with Gasteiger partial charge in [-0.05, 0) is 29.6 Å². The van der Waals surface area contributed by atoms with Gasteiger partial charge in [0.15, 0.2) is 5.13 Å². The second-order valence-electron chi connectivity index (χ2n) is 3.98. The van der Waals surface area contributed by atoms with Gasteiger partial charge in [0.25, 0.3) is 0 Å². The first-order valence-corrected chi connectivity index (χ1v) is 8.00. The molecule has 0 aliphatic carbocycles. The van der Waals surface area contributed by atoms with Crippen molar-refractivity contribution in [3.63, 3.8) is 0 Å². The molecule has 0 fully saturated rings. The van der Waals surface area contributed by atoms with Crippen molar-refractivity contribution in [3.8, 4) is 16.3 Å². The summed E-state index contributed by atoms with van der Waals surface area (Å²) in [4.78, 5) is 5.73. The third-order valence-corrected chi connectivity index (χ3v) is 4.57. The Morgan fingerprint density at radius 2 is 2.10 bits per heavy atom. The van der Waals surface area contributed by atoms with E-state index in [-0.39, 0.29) is 17.0 Å². The van der Waals surface area contributed by atoms with E-state index in [0.717, 1.165) is 27.1 Å². The third kappa shape index (κ3) is 3.77. The van der Waals surface area contributed by atoms with Crippen LogP contribution in [-0.2, 0) is 0 Å². The summed E-state index contributed by atoms with van der Waals surface area (Å²) in [6, 6.07) is 9.53. The average molecular weight is 404 g/mol. The topological polar surface area (TPSA) is 34.1 Å². The summed E-state index contributed by atoms with van der Waals surface area (Å²) >= 11 is 9.25. The Balaban J connectivity index is 0.00000161. The van der Waals surface area contributed by atoms with Gasteiger partial charge in [-0.2, -0.15) is 0 Å². The van der Waals surface area contributed by atoms with E-state index in [1.54, 1.807) is 35.8 Å². The van der Waals surface area contributed by atoms with Gasteiger partial charge in [0, 0.05) is 10.4 Å². The molecule has 3 nitrogen and oxygen atoms in total. The molecule has 0 unspecified atom stereocenters. The minimum Gasteiger partial charge on any atom is -0.495 e. The zero-order valence-electron chi connectivity index (χ0n) is 11.0. The van der Waals surface area contributed by atoms with Crippen LogP contribution in [0.4, 0.5) is 10.8 Å². The number of benzene rings is 1. The lowest BCUT2D eigenvalue weighted by Gasteiger charge is -2.09. The molecule has 3 aromatic rings. The highest BCUT2D eigenvalue weighted by Gasteiger charge is 2.09. The highest BCUT2D eigenvalue weighted by atomic mass is 79.9. The molecule has 3 rings (SSSR count). The van der Waals surface area contributed by atoms with E-state index in [0.29, 0.717) is 5.02 Å². The largest absolute Gasteiger partial charge is 0.495 e. The van der Waals surface area contributed by atoms with E-state index in [2.05, 4.69) is 16.4 Å². The van der Waals surface area contributed by atoms with Crippen molar-refractivity contribution in [2.45, 2.75) is 0 Å². The number of nitrogens with zero attached hydrogens (tertiary/aromatic N) is 1. The van der Waals surface area contributed by atoms with E-state index >= 15 is 0 Å². The molecule has 0 amide bonds. The Morgan fingerprint density at radius 1 is 1.24 bits per heavy atom. The number of thiophene rings is 1. The van der Waals surface area contributed by atoms with E-state index in [1.807, 2.05) is 29.0 Å². The standard InChI is InChI=1S/C14H11ClN2OS2.BrH/c1-18-12-5-4-9(15)7-10(12)16-14-17-11(8-20-14)13-3-2-6-19-13;/h2-8H,1H3,(H,16,17);1H. The van der Waals surface area contributed by atoms with Crippen molar-refractivity contribution in [1.29, 1.82) is 0 Å². The van der Waals surface area contributed by atoms with Crippen LogP contribution >= 0.6 is 51.3 Å². The molecular weight excluding hydrogens is 392 g/mol. The molecule has 2 heterocycles. The van der Waals surface area contributed by atoms with Crippen LogP contribution in [0.25, 0.3) is 10.6 Å². The second kappa shape index (κ2) is 7.26. The van der Waals surface area contributed by atoms with Gasteiger partial charge < -0.3 is 10.1 Å². The number of ether oxygens (including phenoxy) is 1. The number of hydrogen-bond acceptors (Lipinski definition) is 5. The summed E-state index contributed by atoms with van der Waals surface area (Å²) in [5.74, 6) is 0.738. The van der Waals surface area contributed by atoms with Gasteiger partial charge >= 0.3 is 0 Å². The predicted molar refractivity (Wildman–Crippen MR) is 97.0 cm³/mol. The number of rotatable bonds is 4. The Labute approximate surface area is 146 Å². The van der Waals surface area contributed by atoms with Crippen molar-refractivity contribution >= 4 is 62.1 Å². The van der Waals surface area contributed by atoms with E-state index in [4.69, 9.17) is 16.3 Å². The van der Waals surface area contributed by atoms with Crippen LogP contribution in [0.3, 0.4) is 0 Å². The maximum absolute atomic E-state index is 6.02. The van der Waals surface area contributed by atoms with Crippen LogP contribution in [-0.4, -0.2) is 12.1 Å². The fraction of sp³-hybridized carbons (Fsp3) is 0.0714. The van der Waals surface area contributed by atoms with Crippen molar-refractivity contribution in [2.75, 3.05) is 12.4 Å². The number of methoxy groups -OCH3 is 1. The van der Waals surface area contributed by atoms with Crippen LogP contribution in [0.1, 0.15) is 0 Å². The monoisotopic (exact) mass is 402 g/mol. The molecule has 0 aliphatic heterocycles. The molecule has 110 valence electrons. The molecule has 21 heavy (non-hydrogen) atoms. The highest BCUT2D eigenvalue weighted by molar-refractivity contribution is 8.93. The molecular formula is C14H12BrClN2OS2. The summed E-state index contributed by atoms with van der Waals surface area (Å²) in [7, 11) is 1.63. The van der Waals surface area contributed by atoms with Gasteiger partial charge in [-0.25, -0.2) is 4.98 Å². The quantitative estimate of drug-likeness (QED) is 0.593. The molecule has 0 atom stereocenters. The molecule has 0 saturated heterocycles. The Bertz CT molecular complexity index is 716. The number of nitrogens with one attached hydrogen (secondary N) is 1. The minimum atomic E-state index is 0. The Morgan fingerprint density at radius 3 is 2.81 bits per heavy atom. The summed E-state index contributed by atoms with van der Waals surface area (Å²) in [6.07, 6.45) is 0. The third-order valence-electron chi connectivity index (χ3n) is 2.68. The van der Waals surface area contributed by atoms with Gasteiger partial charge in [0.2, 0.25) is 0 Å². The minimum absolute atomic E-state index is 0. The first-order chi connectivity index (χ1) is 9.76. The molecule has 0 bridgehead atoms. The maximum atomic E-state index is 6.02. The summed E-state index contributed by atoms with van der Waals surface area (Å²) < 4.78 is 5.31. The fourth-order valence-corrected chi connectivity index (χ4v) is 3.42. The normalized spacial score (nSPS) is 10.0. The Kier molecular flexibility index (Phi) is 5.64. The van der Waals surface area contributed by atoms with E-state index in [1.165, 1.54) is 0 Å². The average Bonchev–Trinajstić information content (AvgIpc) is 3.09. The number of thiazole rings is 1. The predicted octanol–water partition coefficient (Wildman–Crippen LogP) is 5.86. The molecule has 0 aliphatic rings. The first-order valence-electron chi connectivity index (χ1n) is 5.86. The zero-order chi connectivity index (χ0) is 13.9. The van der Waals surface area contributed by atoms with Crippen LogP contribution in [0, 0.1) is 0 Å². The van der Waals surface area contributed by atoms with Gasteiger partial charge in [-0.15, -0.1) is 39.7 Å². The van der Waals surface area contributed by atoms with Crippen molar-refractivity contribution < 1.29 is 4.74 Å². The van der Waals surface area contributed by atoms with Gasteiger partial charge in [-0.3, -0.25) is 0 Å². The lowest BCUT2D eigenvalue weighted by atomic mass is 10.3. The number of aromatic nitrogens is 1. The van der Waals surface area contributed by atoms with E-state index < -0.39 is 0 Å². The maximum Gasteiger partial charge on any atom is 0.187 e. The fourth-order valence-electron chi connectivity index (χ4n) is 1.76. The van der Waals surface area contributed by atoms with Crippen LogP contribution in [0.5, 0.6) is 5.75 Å². The molecule has 2 aromatic heterocycles. The first kappa shape index (κ1) is 16.3. The smallest absolute Gasteiger partial charge is 0.187 e. The van der Waals surface area contributed by atoms with Gasteiger partial charge in [0.1, 0.15) is 5.75 Å². The van der Waals surface area contributed by atoms with Gasteiger partial charge in [-0.1, -0.05) is 17.7 Å². The number of hydrogen-bond donors (Lipinski definition) is 1. The van der Waals surface area contributed by atoms with E-state index in [9.17, 15) is 0 Å². The van der Waals surface area contributed by atoms with Crippen molar-refractivity contribution in [1.82, 2.24) is 4.98 Å². The molecule has 1 N–H and O–H groups in total. The molecule has 0 spiro atoms. The highest BCUT2D eigenvalue weighted by Crippen LogP contribution is 2.34. The lowest BCUT2D eigenvalue weighted by molar-refractivity contribution is 0.417. The molecule has 0 saturated carbocycles. The summed E-state index contributed by atoms with van der Waals surface area (Å²) in [5, 5.41) is 8.80. The second-order valence-corrected chi connectivity index (χ2v) is 6.23. The zero-order valence-corrected chi connectivity index (χ0v) is 15.1. The molecule has 7 heteroatoms. The van der Waals surface area contributed by atoms with Crippen molar-refractivity contribution in [3.05, 3.63) is 46.1 Å². The SMILES string of the molecule is Br.COc1ccc(Cl)cc1Nc1nc(-c2cccs2)cs1. The number of anilines is 2. The van der Waals surface area contributed by atoms with Crippen LogP contribution < -0.4 is 10.1 Å².